The van der Waals surface area contributed by atoms with Gasteiger partial charge >= 0.3 is 5.97 Å². The Balaban J connectivity index is 1.65. The van der Waals surface area contributed by atoms with Crippen molar-refractivity contribution in [2.45, 2.75) is 6.61 Å². The molecule has 0 aliphatic heterocycles. The summed E-state index contributed by atoms with van der Waals surface area (Å²) < 4.78 is 10.3. The summed E-state index contributed by atoms with van der Waals surface area (Å²) in [4.78, 5) is 23.2. The summed E-state index contributed by atoms with van der Waals surface area (Å²) in [5, 5.41) is 11.1. The van der Waals surface area contributed by atoms with Gasteiger partial charge in [-0.15, -0.1) is 0 Å². The van der Waals surface area contributed by atoms with Crippen LogP contribution in [0.25, 0.3) is 0 Å². The van der Waals surface area contributed by atoms with Crippen molar-refractivity contribution in [3.63, 3.8) is 0 Å². The van der Waals surface area contributed by atoms with Gasteiger partial charge in [-0.3, -0.25) is 9.59 Å². The molecular formula is C18H16N2O4. The van der Waals surface area contributed by atoms with E-state index in [9.17, 15) is 9.59 Å². The van der Waals surface area contributed by atoms with Gasteiger partial charge in [0.2, 0.25) is 0 Å². The minimum Gasteiger partial charge on any atom is -0.484 e. The predicted molar refractivity (Wildman–Crippen MR) is 85.9 cm³/mol. The molecule has 0 spiro atoms. The quantitative estimate of drug-likeness (QED) is 0.785. The highest BCUT2D eigenvalue weighted by Crippen LogP contribution is 2.11. The molecule has 0 saturated carbocycles. The van der Waals surface area contributed by atoms with Gasteiger partial charge in [0.05, 0.1) is 11.6 Å². The van der Waals surface area contributed by atoms with Crippen LogP contribution in [0.5, 0.6) is 5.75 Å². The molecule has 1 N–H and O–H groups in total. The lowest BCUT2D eigenvalue weighted by Gasteiger charge is -2.08. The fourth-order valence-corrected chi connectivity index (χ4v) is 1.79. The number of carbonyl (C=O) groups excluding carboxylic acids is 2. The molecule has 0 aromatic heterocycles. The van der Waals surface area contributed by atoms with Crippen molar-refractivity contribution < 1.29 is 19.1 Å². The molecule has 0 fully saturated rings. The summed E-state index contributed by atoms with van der Waals surface area (Å²) >= 11 is 0. The van der Waals surface area contributed by atoms with E-state index >= 15 is 0 Å². The van der Waals surface area contributed by atoms with Gasteiger partial charge in [0.1, 0.15) is 18.9 Å². The number of hydrogen-bond donors (Lipinski definition) is 1. The van der Waals surface area contributed by atoms with Gasteiger partial charge in [-0.05, 0) is 29.8 Å². The van der Waals surface area contributed by atoms with E-state index < -0.39 is 11.9 Å². The Labute approximate surface area is 139 Å². The summed E-state index contributed by atoms with van der Waals surface area (Å²) in [6.07, 6.45) is 0. The average molecular weight is 324 g/mol. The summed E-state index contributed by atoms with van der Waals surface area (Å²) in [6, 6.07) is 17.6. The van der Waals surface area contributed by atoms with Gasteiger partial charge in [-0.25, -0.2) is 0 Å². The van der Waals surface area contributed by atoms with Crippen LogP contribution in [-0.2, 0) is 20.9 Å². The highest BCUT2D eigenvalue weighted by Gasteiger charge is 2.07. The third kappa shape index (κ3) is 5.81. The first-order chi connectivity index (χ1) is 11.7. The lowest BCUT2D eigenvalue weighted by atomic mass is 10.2. The van der Waals surface area contributed by atoms with Crippen LogP contribution >= 0.6 is 0 Å². The second-order valence-corrected chi connectivity index (χ2v) is 4.85. The highest BCUT2D eigenvalue weighted by molar-refractivity contribution is 5.82. The average Bonchev–Trinajstić information content (AvgIpc) is 2.64. The minimum absolute atomic E-state index is 0.164. The predicted octanol–water partition coefficient (Wildman–Crippen LogP) is 1.80. The van der Waals surface area contributed by atoms with Crippen molar-refractivity contribution >= 4 is 11.9 Å². The fraction of sp³-hybridized carbons (Fsp3) is 0.167. The number of nitrogens with one attached hydrogen (secondary N) is 1. The highest BCUT2D eigenvalue weighted by atomic mass is 16.5. The maximum Gasteiger partial charge on any atom is 0.325 e. The van der Waals surface area contributed by atoms with E-state index in [-0.39, 0.29) is 19.8 Å². The van der Waals surface area contributed by atoms with Crippen LogP contribution in [0.15, 0.2) is 54.6 Å². The number of rotatable bonds is 7. The van der Waals surface area contributed by atoms with E-state index in [1.54, 1.807) is 24.3 Å². The smallest absolute Gasteiger partial charge is 0.325 e. The molecule has 2 aromatic carbocycles. The monoisotopic (exact) mass is 324 g/mol. The van der Waals surface area contributed by atoms with Crippen LogP contribution < -0.4 is 10.1 Å². The van der Waals surface area contributed by atoms with Gasteiger partial charge in [0.25, 0.3) is 5.91 Å². The van der Waals surface area contributed by atoms with Crippen LogP contribution in [-0.4, -0.2) is 25.0 Å². The maximum atomic E-state index is 11.6. The van der Waals surface area contributed by atoms with E-state index in [1.165, 1.54) is 0 Å². The number of hydrogen-bond acceptors (Lipinski definition) is 5. The number of nitriles is 1. The third-order valence-electron chi connectivity index (χ3n) is 3.03. The standard InChI is InChI=1S/C18H16N2O4/c19-10-14-6-8-16(9-7-14)23-13-17(21)20-11-18(22)24-12-15-4-2-1-3-5-15/h1-9H,11-13H2,(H,20,21). The molecule has 0 bridgehead atoms. The zero-order valence-corrected chi connectivity index (χ0v) is 12.9. The van der Waals surface area contributed by atoms with Crippen molar-refractivity contribution in [3.05, 3.63) is 65.7 Å². The lowest BCUT2D eigenvalue weighted by Crippen LogP contribution is -2.34. The van der Waals surface area contributed by atoms with Gasteiger partial charge in [-0.1, -0.05) is 30.3 Å². The molecule has 0 aliphatic carbocycles. The Hall–Kier alpha value is -3.33. The lowest BCUT2D eigenvalue weighted by molar-refractivity contribution is -0.145. The van der Waals surface area contributed by atoms with E-state index in [0.717, 1.165) is 5.56 Å². The Bertz CT molecular complexity index is 721. The molecule has 0 radical (unpaired) electrons. The molecule has 122 valence electrons. The van der Waals surface area contributed by atoms with Crippen LogP contribution in [0.3, 0.4) is 0 Å². The van der Waals surface area contributed by atoms with Crippen molar-refractivity contribution in [3.8, 4) is 11.8 Å². The van der Waals surface area contributed by atoms with Crippen molar-refractivity contribution in [1.82, 2.24) is 5.32 Å². The second kappa shape index (κ2) is 8.96. The van der Waals surface area contributed by atoms with Crippen molar-refractivity contribution in [2.24, 2.45) is 0 Å². The minimum atomic E-state index is -0.523. The molecule has 0 heterocycles. The normalized spacial score (nSPS) is 9.62. The first-order valence-electron chi connectivity index (χ1n) is 7.26. The van der Waals surface area contributed by atoms with Crippen LogP contribution in [0.2, 0.25) is 0 Å². The molecule has 0 unspecified atom stereocenters. The van der Waals surface area contributed by atoms with Crippen molar-refractivity contribution in [1.29, 1.82) is 5.26 Å². The SMILES string of the molecule is N#Cc1ccc(OCC(=O)NCC(=O)OCc2ccccc2)cc1. The van der Waals surface area contributed by atoms with E-state index in [0.29, 0.717) is 11.3 Å². The fourth-order valence-electron chi connectivity index (χ4n) is 1.79. The Kier molecular flexibility index (Phi) is 6.35. The second-order valence-electron chi connectivity index (χ2n) is 4.85. The number of carbonyl (C=O) groups is 2. The number of nitrogens with zero attached hydrogens (tertiary/aromatic N) is 1. The number of benzene rings is 2. The van der Waals surface area contributed by atoms with Gasteiger partial charge < -0.3 is 14.8 Å². The third-order valence-corrected chi connectivity index (χ3v) is 3.03. The molecule has 0 saturated heterocycles. The first-order valence-corrected chi connectivity index (χ1v) is 7.26. The molecule has 2 aromatic rings. The van der Waals surface area contributed by atoms with Gasteiger partial charge in [0, 0.05) is 0 Å². The molecule has 0 aliphatic rings. The van der Waals surface area contributed by atoms with Gasteiger partial charge in [0.15, 0.2) is 6.61 Å². The van der Waals surface area contributed by atoms with Gasteiger partial charge in [-0.2, -0.15) is 5.26 Å². The number of amides is 1. The molecule has 0 atom stereocenters. The first kappa shape index (κ1) is 17.0. The molecule has 24 heavy (non-hydrogen) atoms. The number of esters is 1. The van der Waals surface area contributed by atoms with E-state index in [4.69, 9.17) is 14.7 Å². The topological polar surface area (TPSA) is 88.4 Å². The zero-order valence-electron chi connectivity index (χ0n) is 12.9. The zero-order chi connectivity index (χ0) is 17.2. The Morgan fingerprint density at radius 2 is 1.75 bits per heavy atom. The van der Waals surface area contributed by atoms with E-state index in [1.807, 2.05) is 36.4 Å². The Morgan fingerprint density at radius 1 is 1.04 bits per heavy atom. The summed E-state index contributed by atoms with van der Waals surface area (Å²) in [6.45, 7) is -0.280. The van der Waals surface area contributed by atoms with E-state index in [2.05, 4.69) is 5.32 Å². The molecular weight excluding hydrogens is 308 g/mol. The summed E-state index contributed by atoms with van der Waals surface area (Å²) in [5.74, 6) is -0.489. The summed E-state index contributed by atoms with van der Waals surface area (Å²) in [7, 11) is 0. The van der Waals surface area contributed by atoms with Crippen LogP contribution in [0.1, 0.15) is 11.1 Å². The number of ether oxygens (including phenoxy) is 2. The van der Waals surface area contributed by atoms with Crippen LogP contribution in [0.4, 0.5) is 0 Å². The molecule has 1 amide bonds. The Morgan fingerprint density at radius 3 is 2.42 bits per heavy atom. The molecule has 6 heteroatoms. The molecule has 2 rings (SSSR count). The van der Waals surface area contributed by atoms with Crippen molar-refractivity contribution in [2.75, 3.05) is 13.2 Å². The maximum absolute atomic E-state index is 11.6. The summed E-state index contributed by atoms with van der Waals surface area (Å²) in [5.41, 5.74) is 1.38. The van der Waals surface area contributed by atoms with Crippen LogP contribution in [0, 0.1) is 11.3 Å². The molecule has 6 nitrogen and oxygen atoms in total. The largest absolute Gasteiger partial charge is 0.484 e.